The van der Waals surface area contributed by atoms with Crippen LogP contribution in [-0.2, 0) is 0 Å². The van der Waals surface area contributed by atoms with Crippen LogP contribution in [0, 0.1) is 0 Å². The Balaban J connectivity index is 1.60. The summed E-state index contributed by atoms with van der Waals surface area (Å²) < 4.78 is 1.10. The van der Waals surface area contributed by atoms with E-state index in [1.807, 2.05) is 72.8 Å². The third-order valence-corrected chi connectivity index (χ3v) is 4.97. The zero-order chi connectivity index (χ0) is 17.8. The molecule has 0 amide bonds. The molecular weight excluding hydrogens is 340 g/mol. The lowest BCUT2D eigenvalue weighted by Crippen LogP contribution is -1.78. The summed E-state index contributed by atoms with van der Waals surface area (Å²) in [6.07, 6.45) is 5.65. The van der Waals surface area contributed by atoms with E-state index in [1.165, 1.54) is 0 Å². The number of aromatic hydroxyl groups is 1. The molecule has 26 heavy (non-hydrogen) atoms. The molecule has 0 atom stereocenters. The smallest absolute Gasteiger partial charge is 0.128 e. The fourth-order valence-electron chi connectivity index (χ4n) is 2.61. The van der Waals surface area contributed by atoms with Crippen LogP contribution in [0.15, 0.2) is 83.9 Å². The molecule has 4 heteroatoms. The number of para-hydroxylation sites is 1. The summed E-state index contributed by atoms with van der Waals surface area (Å²) >= 11 is 1.56. The zero-order valence-electron chi connectivity index (χ0n) is 13.9. The molecule has 0 aliphatic carbocycles. The molecular formula is C22H16N2OS. The van der Waals surface area contributed by atoms with Crippen molar-refractivity contribution in [2.45, 2.75) is 0 Å². The van der Waals surface area contributed by atoms with Gasteiger partial charge < -0.3 is 5.11 Å². The predicted octanol–water partition coefficient (Wildman–Crippen LogP) is 6.08. The van der Waals surface area contributed by atoms with Crippen molar-refractivity contribution in [2.75, 3.05) is 0 Å². The van der Waals surface area contributed by atoms with E-state index in [0.29, 0.717) is 5.56 Å². The number of fused-ring (bicyclic) bond motifs is 1. The third kappa shape index (κ3) is 3.55. The molecule has 1 heterocycles. The fourth-order valence-corrected chi connectivity index (χ4v) is 3.60. The first-order chi connectivity index (χ1) is 12.8. The summed E-state index contributed by atoms with van der Waals surface area (Å²) in [6, 6.07) is 23.3. The van der Waals surface area contributed by atoms with E-state index in [9.17, 15) is 5.11 Å². The van der Waals surface area contributed by atoms with E-state index in [-0.39, 0.29) is 5.75 Å². The molecule has 0 saturated heterocycles. The molecule has 0 saturated carbocycles. The molecule has 0 aliphatic heterocycles. The Morgan fingerprint density at radius 3 is 2.58 bits per heavy atom. The first kappa shape index (κ1) is 16.2. The van der Waals surface area contributed by atoms with E-state index in [1.54, 1.807) is 29.7 Å². The van der Waals surface area contributed by atoms with Crippen molar-refractivity contribution in [3.8, 4) is 16.3 Å². The van der Waals surface area contributed by atoms with Crippen molar-refractivity contribution in [1.82, 2.24) is 4.98 Å². The largest absolute Gasteiger partial charge is 0.507 e. The van der Waals surface area contributed by atoms with Gasteiger partial charge in [-0.3, -0.25) is 4.99 Å². The van der Waals surface area contributed by atoms with Crippen molar-refractivity contribution in [1.29, 1.82) is 0 Å². The maximum absolute atomic E-state index is 10.2. The van der Waals surface area contributed by atoms with Crippen LogP contribution in [-0.4, -0.2) is 16.3 Å². The number of benzene rings is 3. The molecule has 1 aromatic heterocycles. The van der Waals surface area contributed by atoms with Crippen LogP contribution in [0.2, 0.25) is 0 Å². The molecule has 4 rings (SSSR count). The van der Waals surface area contributed by atoms with Crippen LogP contribution in [0.25, 0.3) is 26.9 Å². The molecule has 0 unspecified atom stereocenters. The maximum Gasteiger partial charge on any atom is 0.128 e. The van der Waals surface area contributed by atoms with Crippen molar-refractivity contribution < 1.29 is 5.11 Å². The maximum atomic E-state index is 10.2. The van der Waals surface area contributed by atoms with Crippen molar-refractivity contribution >= 4 is 39.5 Å². The number of nitrogens with zero attached hydrogens (tertiary/aromatic N) is 2. The number of phenolic OH excluding ortho intramolecular Hbond substituents is 1. The molecule has 1 N–H and O–H groups in total. The zero-order valence-corrected chi connectivity index (χ0v) is 14.7. The van der Waals surface area contributed by atoms with E-state index < -0.39 is 0 Å². The van der Waals surface area contributed by atoms with Gasteiger partial charge in [0, 0.05) is 6.21 Å². The van der Waals surface area contributed by atoms with Gasteiger partial charge in [-0.05, 0) is 42.0 Å². The minimum atomic E-state index is 0.211. The average Bonchev–Trinajstić information content (AvgIpc) is 3.11. The third-order valence-electron chi connectivity index (χ3n) is 3.90. The number of hydrogen-bond donors (Lipinski definition) is 1. The molecule has 3 nitrogen and oxygen atoms in total. The number of hydrogen-bond acceptors (Lipinski definition) is 4. The molecule has 126 valence electrons. The first-order valence-electron chi connectivity index (χ1n) is 8.24. The Morgan fingerprint density at radius 2 is 1.73 bits per heavy atom. The number of rotatable bonds is 4. The number of thiazole rings is 1. The lowest BCUT2D eigenvalue weighted by atomic mass is 10.2. The van der Waals surface area contributed by atoms with Gasteiger partial charge in [0.2, 0.25) is 0 Å². The highest BCUT2D eigenvalue weighted by molar-refractivity contribution is 7.21. The number of aliphatic imine (C=N–C) groups is 1. The molecule has 0 fully saturated rings. The van der Waals surface area contributed by atoms with Crippen LogP contribution < -0.4 is 0 Å². The number of allylic oxidation sites excluding steroid dienone is 1. The van der Waals surface area contributed by atoms with Crippen LogP contribution in [0.4, 0.5) is 5.69 Å². The fraction of sp³-hybridized carbons (Fsp3) is 0. The summed E-state index contributed by atoms with van der Waals surface area (Å²) in [5.74, 6) is 0.211. The second-order valence-electron chi connectivity index (χ2n) is 5.74. The minimum Gasteiger partial charge on any atom is -0.507 e. The predicted molar refractivity (Wildman–Crippen MR) is 110 cm³/mol. The summed E-state index contributed by atoms with van der Waals surface area (Å²) in [5.41, 5.74) is 3.54. The van der Waals surface area contributed by atoms with Crippen LogP contribution in [0.3, 0.4) is 0 Å². The average molecular weight is 356 g/mol. The van der Waals surface area contributed by atoms with Gasteiger partial charge in [-0.2, -0.15) is 0 Å². The van der Waals surface area contributed by atoms with Crippen LogP contribution in [0.1, 0.15) is 5.56 Å². The highest BCUT2D eigenvalue weighted by Gasteiger charge is 2.10. The van der Waals surface area contributed by atoms with E-state index >= 15 is 0 Å². The molecule has 4 aromatic rings. The Morgan fingerprint density at radius 1 is 0.923 bits per heavy atom. The standard InChI is InChI=1S/C22H16N2OS/c25-20-13-12-17(23-14-6-9-16-7-2-1-3-8-16)15-18(20)22-24-19-10-4-5-11-21(19)26-22/h1-15,25H. The van der Waals surface area contributed by atoms with Gasteiger partial charge in [-0.1, -0.05) is 48.5 Å². The Labute approximate surface area is 155 Å². The van der Waals surface area contributed by atoms with Crippen LogP contribution >= 0.6 is 11.3 Å². The van der Waals surface area contributed by atoms with E-state index in [2.05, 4.69) is 9.98 Å². The van der Waals surface area contributed by atoms with Crippen molar-refractivity contribution in [3.63, 3.8) is 0 Å². The monoisotopic (exact) mass is 356 g/mol. The molecule has 3 aromatic carbocycles. The van der Waals surface area contributed by atoms with E-state index in [4.69, 9.17) is 0 Å². The molecule has 0 radical (unpaired) electrons. The summed E-state index contributed by atoms with van der Waals surface area (Å²) in [4.78, 5) is 9.07. The van der Waals surface area contributed by atoms with Gasteiger partial charge >= 0.3 is 0 Å². The lowest BCUT2D eigenvalue weighted by molar-refractivity contribution is 0.477. The Bertz CT molecular complexity index is 1060. The highest BCUT2D eigenvalue weighted by atomic mass is 32.1. The minimum absolute atomic E-state index is 0.211. The number of aromatic nitrogens is 1. The van der Waals surface area contributed by atoms with Gasteiger partial charge in [-0.25, -0.2) is 4.98 Å². The van der Waals surface area contributed by atoms with Gasteiger partial charge in [0.05, 0.1) is 21.5 Å². The molecule has 0 aliphatic rings. The second-order valence-corrected chi connectivity index (χ2v) is 6.77. The summed E-state index contributed by atoms with van der Waals surface area (Å²) in [7, 11) is 0. The number of phenols is 1. The summed E-state index contributed by atoms with van der Waals surface area (Å²) in [6.45, 7) is 0. The summed E-state index contributed by atoms with van der Waals surface area (Å²) in [5, 5.41) is 11.0. The van der Waals surface area contributed by atoms with Gasteiger partial charge in [0.1, 0.15) is 10.8 Å². The molecule has 0 spiro atoms. The topological polar surface area (TPSA) is 45.5 Å². The van der Waals surface area contributed by atoms with Crippen molar-refractivity contribution in [3.05, 3.63) is 84.4 Å². The van der Waals surface area contributed by atoms with Crippen molar-refractivity contribution in [2.24, 2.45) is 4.99 Å². The Kier molecular flexibility index (Phi) is 4.58. The molecule has 0 bridgehead atoms. The van der Waals surface area contributed by atoms with E-state index in [0.717, 1.165) is 26.5 Å². The SMILES string of the molecule is Oc1ccc(N=CC=Cc2ccccc2)cc1-c1nc2ccccc2s1. The lowest BCUT2D eigenvalue weighted by Gasteiger charge is -2.02. The normalized spacial score (nSPS) is 11.7. The highest BCUT2D eigenvalue weighted by Crippen LogP contribution is 2.37. The second kappa shape index (κ2) is 7.33. The van der Waals surface area contributed by atoms with Gasteiger partial charge in [0.25, 0.3) is 0 Å². The van der Waals surface area contributed by atoms with Crippen LogP contribution in [0.5, 0.6) is 5.75 Å². The Hall–Kier alpha value is -3.24. The quantitative estimate of drug-likeness (QED) is 0.450. The first-order valence-corrected chi connectivity index (χ1v) is 9.06. The van der Waals surface area contributed by atoms with Gasteiger partial charge in [-0.15, -0.1) is 11.3 Å². The van der Waals surface area contributed by atoms with Gasteiger partial charge in [0.15, 0.2) is 0 Å².